The highest BCUT2D eigenvalue weighted by atomic mass is 32.1. The lowest BCUT2D eigenvalue weighted by atomic mass is 9.96. The number of ether oxygens (including phenoxy) is 1. The van der Waals surface area contributed by atoms with Crippen molar-refractivity contribution in [2.75, 3.05) is 0 Å². The molecule has 0 N–H and O–H groups in total. The van der Waals surface area contributed by atoms with Crippen LogP contribution >= 0.6 is 11.3 Å². The Morgan fingerprint density at radius 1 is 1.11 bits per heavy atom. The average molecular weight is 529 g/mol. The molecular weight excluding hydrogens is 504 g/mol. The molecule has 2 aromatic carbocycles. The number of carbonyl (C=O) groups excluding carboxylic acids is 1. The number of nitro benzene ring substituents is 1. The molecule has 0 radical (unpaired) electrons. The Kier molecular flexibility index (Phi) is 6.64. The molecule has 4 aromatic rings. The van der Waals surface area contributed by atoms with Crippen LogP contribution in [0.1, 0.15) is 38.1 Å². The number of hydrogen-bond acceptors (Lipinski definition) is 7. The molecule has 1 aliphatic rings. The van der Waals surface area contributed by atoms with Crippen molar-refractivity contribution in [2.24, 2.45) is 4.99 Å². The maximum Gasteiger partial charge on any atom is 0.338 e. The van der Waals surface area contributed by atoms with Crippen LogP contribution in [0.3, 0.4) is 0 Å². The maximum absolute atomic E-state index is 13.8. The topological polar surface area (TPSA) is 109 Å². The van der Waals surface area contributed by atoms with E-state index in [2.05, 4.69) is 4.99 Å². The fourth-order valence-electron chi connectivity index (χ4n) is 4.43. The highest BCUT2D eigenvalue weighted by molar-refractivity contribution is 7.07. The molecule has 1 aliphatic heterocycles. The summed E-state index contributed by atoms with van der Waals surface area (Å²) in [5.41, 5.74) is 2.77. The van der Waals surface area contributed by atoms with Crippen molar-refractivity contribution >= 4 is 29.1 Å². The smallest absolute Gasteiger partial charge is 0.338 e. The van der Waals surface area contributed by atoms with Gasteiger partial charge >= 0.3 is 5.97 Å². The first-order valence-electron chi connectivity index (χ1n) is 11.9. The molecule has 192 valence electrons. The number of aromatic nitrogens is 2. The normalized spacial score (nSPS) is 15.4. The van der Waals surface area contributed by atoms with Gasteiger partial charge in [0.2, 0.25) is 0 Å². The Hall–Kier alpha value is -4.57. The van der Waals surface area contributed by atoms with Crippen LogP contribution in [-0.4, -0.2) is 26.1 Å². The van der Waals surface area contributed by atoms with Crippen LogP contribution in [0.25, 0.3) is 11.8 Å². The number of hydrogen-bond donors (Lipinski definition) is 0. The summed E-state index contributed by atoms with van der Waals surface area (Å²) >= 11 is 1.24. The van der Waals surface area contributed by atoms with Gasteiger partial charge in [-0.15, -0.1) is 0 Å². The predicted octanol–water partition coefficient (Wildman–Crippen LogP) is 3.89. The van der Waals surface area contributed by atoms with E-state index in [1.807, 2.05) is 53.2 Å². The van der Waals surface area contributed by atoms with Gasteiger partial charge in [-0.05, 0) is 56.7 Å². The number of nitrogens with zero attached hydrogens (tertiary/aromatic N) is 4. The van der Waals surface area contributed by atoms with Crippen LogP contribution in [0.2, 0.25) is 0 Å². The van der Waals surface area contributed by atoms with Crippen LogP contribution in [0.15, 0.2) is 94.0 Å². The zero-order valence-electron chi connectivity index (χ0n) is 20.9. The molecule has 2 aromatic heterocycles. The first-order chi connectivity index (χ1) is 18.2. The molecule has 0 bridgehead atoms. The fourth-order valence-corrected chi connectivity index (χ4v) is 5.46. The van der Waals surface area contributed by atoms with Crippen molar-refractivity contribution in [1.29, 1.82) is 0 Å². The second-order valence-electron chi connectivity index (χ2n) is 9.02. The van der Waals surface area contributed by atoms with Gasteiger partial charge in [0.25, 0.3) is 11.2 Å². The van der Waals surface area contributed by atoms with Crippen LogP contribution < -0.4 is 14.9 Å². The Bertz CT molecular complexity index is 1740. The van der Waals surface area contributed by atoms with E-state index in [1.54, 1.807) is 43.5 Å². The number of benzene rings is 2. The average Bonchev–Trinajstić information content (AvgIpc) is 3.47. The Balaban J connectivity index is 1.65. The lowest BCUT2D eigenvalue weighted by Crippen LogP contribution is -2.40. The van der Waals surface area contributed by atoms with Crippen LogP contribution in [0.4, 0.5) is 5.69 Å². The van der Waals surface area contributed by atoms with Gasteiger partial charge in [0.1, 0.15) is 0 Å². The fraction of sp³-hybridized carbons (Fsp3) is 0.179. The largest absolute Gasteiger partial charge is 0.459 e. The van der Waals surface area contributed by atoms with Crippen LogP contribution in [-0.2, 0) is 9.53 Å². The molecule has 0 aliphatic carbocycles. The molecule has 0 fully saturated rings. The number of allylic oxidation sites excluding steroid dienone is 1. The number of carbonyl (C=O) groups is 1. The van der Waals surface area contributed by atoms with Gasteiger partial charge in [0.05, 0.1) is 32.9 Å². The van der Waals surface area contributed by atoms with Gasteiger partial charge in [-0.2, -0.15) is 0 Å². The number of nitro groups is 1. The standard InChI is InChI=1S/C28H24N4O5S/c1-17(2)37-27(34)24-18(3)29-28-31(25(24)19-8-5-4-6-9-19)26(33)23(38-28)16-22-10-7-15-30(22)20-11-13-21(14-12-20)32(35)36/h4-17,25H,1-3H3. The third kappa shape index (κ3) is 4.61. The van der Waals surface area contributed by atoms with E-state index in [1.165, 1.54) is 23.5 Å². The van der Waals surface area contributed by atoms with Gasteiger partial charge in [-0.25, -0.2) is 9.79 Å². The summed E-state index contributed by atoms with van der Waals surface area (Å²) < 4.78 is 9.36. The van der Waals surface area contributed by atoms with Crippen molar-refractivity contribution in [2.45, 2.75) is 32.9 Å². The SMILES string of the molecule is CC1=C(C(=O)OC(C)C)C(c2ccccc2)n2c(sc(=Cc3cccn3-c3ccc([N+](=O)[O-])cc3)c2=O)=N1. The van der Waals surface area contributed by atoms with Crippen LogP contribution in [0, 0.1) is 10.1 Å². The Labute approximate surface area is 221 Å². The van der Waals surface area contributed by atoms with E-state index in [9.17, 15) is 19.7 Å². The second-order valence-corrected chi connectivity index (χ2v) is 10.0. The minimum Gasteiger partial charge on any atom is -0.459 e. The van der Waals surface area contributed by atoms with E-state index in [4.69, 9.17) is 4.74 Å². The summed E-state index contributed by atoms with van der Waals surface area (Å²) in [7, 11) is 0. The molecule has 0 saturated heterocycles. The van der Waals surface area contributed by atoms with Gasteiger partial charge in [0.15, 0.2) is 4.80 Å². The molecular formula is C28H24N4O5S. The summed E-state index contributed by atoms with van der Waals surface area (Å²) in [6.45, 7) is 5.31. The number of rotatable bonds is 6. The van der Waals surface area contributed by atoms with Crippen molar-refractivity contribution in [3.63, 3.8) is 0 Å². The van der Waals surface area contributed by atoms with Gasteiger partial charge in [-0.1, -0.05) is 41.7 Å². The number of esters is 1. The molecule has 0 saturated carbocycles. The summed E-state index contributed by atoms with van der Waals surface area (Å²) in [5, 5.41) is 11.0. The molecule has 0 spiro atoms. The van der Waals surface area contributed by atoms with E-state index in [0.717, 1.165) is 16.9 Å². The first-order valence-corrected chi connectivity index (χ1v) is 12.8. The summed E-state index contributed by atoms with van der Waals surface area (Å²) in [4.78, 5) is 42.6. The summed E-state index contributed by atoms with van der Waals surface area (Å²) in [5.74, 6) is -0.503. The summed E-state index contributed by atoms with van der Waals surface area (Å²) in [6, 6.07) is 18.6. The van der Waals surface area contributed by atoms with E-state index >= 15 is 0 Å². The van der Waals surface area contributed by atoms with Crippen molar-refractivity contribution in [3.05, 3.63) is 125 Å². The molecule has 10 heteroatoms. The van der Waals surface area contributed by atoms with E-state index in [-0.39, 0.29) is 17.4 Å². The number of non-ortho nitro benzene ring substituents is 1. The Morgan fingerprint density at radius 3 is 2.47 bits per heavy atom. The quantitative estimate of drug-likeness (QED) is 0.214. The third-order valence-electron chi connectivity index (χ3n) is 6.10. The second kappa shape index (κ2) is 10.1. The zero-order chi connectivity index (χ0) is 27.0. The van der Waals surface area contributed by atoms with Gasteiger partial charge in [-0.3, -0.25) is 19.5 Å². The van der Waals surface area contributed by atoms with E-state index < -0.39 is 16.9 Å². The van der Waals surface area contributed by atoms with Gasteiger partial charge < -0.3 is 9.30 Å². The molecule has 9 nitrogen and oxygen atoms in total. The Morgan fingerprint density at radius 2 is 1.82 bits per heavy atom. The third-order valence-corrected chi connectivity index (χ3v) is 7.08. The van der Waals surface area contributed by atoms with Crippen molar-refractivity contribution in [1.82, 2.24) is 9.13 Å². The molecule has 5 rings (SSSR count). The molecule has 0 amide bonds. The molecule has 1 unspecified atom stereocenters. The first kappa shape index (κ1) is 25.1. The number of fused-ring (bicyclic) bond motifs is 1. The minimum absolute atomic E-state index is 0.00107. The van der Waals surface area contributed by atoms with Crippen LogP contribution in [0.5, 0.6) is 0 Å². The molecule has 3 heterocycles. The summed E-state index contributed by atoms with van der Waals surface area (Å²) in [6.07, 6.45) is 3.26. The highest BCUT2D eigenvalue weighted by Crippen LogP contribution is 2.30. The minimum atomic E-state index is -0.678. The predicted molar refractivity (Wildman–Crippen MR) is 144 cm³/mol. The highest BCUT2D eigenvalue weighted by Gasteiger charge is 2.33. The zero-order valence-corrected chi connectivity index (χ0v) is 21.7. The molecule has 1 atom stereocenters. The lowest BCUT2D eigenvalue weighted by Gasteiger charge is -2.25. The monoisotopic (exact) mass is 528 g/mol. The number of thiazole rings is 1. The van der Waals surface area contributed by atoms with E-state index in [0.29, 0.717) is 20.6 Å². The lowest BCUT2D eigenvalue weighted by molar-refractivity contribution is -0.384. The van der Waals surface area contributed by atoms with Crippen molar-refractivity contribution in [3.8, 4) is 5.69 Å². The molecule has 38 heavy (non-hydrogen) atoms. The van der Waals surface area contributed by atoms with Gasteiger partial charge in [0, 0.05) is 29.7 Å². The van der Waals surface area contributed by atoms with Crippen molar-refractivity contribution < 1.29 is 14.5 Å². The maximum atomic E-state index is 13.8.